The van der Waals surface area contributed by atoms with Gasteiger partial charge in [-0.15, -0.1) is 0 Å². The van der Waals surface area contributed by atoms with Gasteiger partial charge in [-0.3, -0.25) is 24.2 Å². The van der Waals surface area contributed by atoms with E-state index < -0.39 is 58.0 Å². The molecule has 1 fully saturated rings. The molecule has 1 amide bonds. The topological polar surface area (TPSA) is 165 Å². The van der Waals surface area contributed by atoms with Crippen LogP contribution in [0.2, 0.25) is 0 Å². The lowest BCUT2D eigenvalue weighted by Gasteiger charge is -2.50. The molecule has 11 heteroatoms. The molecule has 3 aliphatic carbocycles. The number of phenols is 1. The molecule has 0 radical (unpaired) electrons. The minimum absolute atomic E-state index is 0.0524. The molecule has 0 saturated heterocycles. The summed E-state index contributed by atoms with van der Waals surface area (Å²) in [7, 11) is 3.16. The van der Waals surface area contributed by atoms with Gasteiger partial charge in [-0.25, -0.2) is 0 Å². The highest BCUT2D eigenvalue weighted by atomic mass is 32.1. The van der Waals surface area contributed by atoms with Gasteiger partial charge in [0.05, 0.1) is 11.6 Å². The molecule has 4 atom stereocenters. The number of amides is 1. The Kier molecular flexibility index (Phi) is 7.35. The van der Waals surface area contributed by atoms with Crippen LogP contribution < -0.4 is 5.73 Å². The number of aromatic hydroxyl groups is 1. The second kappa shape index (κ2) is 10.4. The number of thiophene rings is 1. The molecule has 218 valence electrons. The van der Waals surface area contributed by atoms with Crippen LogP contribution in [0.3, 0.4) is 0 Å². The Morgan fingerprint density at radius 2 is 1.85 bits per heavy atom. The fourth-order valence-electron chi connectivity index (χ4n) is 6.85. The average molecular weight is 582 g/mol. The predicted molar refractivity (Wildman–Crippen MR) is 154 cm³/mol. The number of hydrogen-bond acceptors (Lipinski definition) is 10. The predicted octanol–water partition coefficient (Wildman–Crippen LogP) is 2.53. The Labute approximate surface area is 242 Å². The molecule has 1 saturated carbocycles. The van der Waals surface area contributed by atoms with Crippen LogP contribution in [0.4, 0.5) is 0 Å². The van der Waals surface area contributed by atoms with Crippen molar-refractivity contribution in [3.05, 3.63) is 56.5 Å². The lowest BCUT2D eigenvalue weighted by molar-refractivity contribution is -0.153. The standard InChI is InChI=1S/C30H35N3O7S/c1-5-33(6-2)12-16-10-17(14-7-8-41-13-14)18-9-15-11-19-23(32(3)4)26(36)22(29(31)39)28(38)30(19,40)27(37)20(15)25(35)21(18)24(16)34/h7-8,10,13,15,19,23,34-35,38,40H,5-6,9,11-12H2,1-4H3,(H2,31,39). The van der Waals surface area contributed by atoms with Gasteiger partial charge in [-0.05, 0) is 85.5 Å². The first kappa shape index (κ1) is 29.0. The van der Waals surface area contributed by atoms with Gasteiger partial charge in [0, 0.05) is 23.6 Å². The minimum Gasteiger partial charge on any atom is -0.508 e. The van der Waals surface area contributed by atoms with Gasteiger partial charge in [0.1, 0.15) is 22.8 Å². The largest absolute Gasteiger partial charge is 0.508 e. The SMILES string of the molecule is CCN(CC)Cc1cc(-c2ccsc2)c2c(c1O)C(O)=C1C(=O)C3(O)C(O)=C(C(N)=O)C(=O)C(N(C)C)C3CC1C2. The second-order valence-corrected chi connectivity index (χ2v) is 12.0. The summed E-state index contributed by atoms with van der Waals surface area (Å²) >= 11 is 1.51. The van der Waals surface area contributed by atoms with Crippen LogP contribution in [-0.4, -0.2) is 86.5 Å². The Morgan fingerprint density at radius 3 is 2.41 bits per heavy atom. The quantitative estimate of drug-likeness (QED) is 0.309. The summed E-state index contributed by atoms with van der Waals surface area (Å²) in [6.07, 6.45) is 0.301. The van der Waals surface area contributed by atoms with Crippen molar-refractivity contribution in [2.24, 2.45) is 17.6 Å². The van der Waals surface area contributed by atoms with Crippen LogP contribution in [0.1, 0.15) is 37.0 Å². The van der Waals surface area contributed by atoms with Crippen molar-refractivity contribution in [1.29, 1.82) is 0 Å². The van der Waals surface area contributed by atoms with Gasteiger partial charge in [-0.1, -0.05) is 13.8 Å². The number of rotatable bonds is 7. The summed E-state index contributed by atoms with van der Waals surface area (Å²) in [5.74, 6) is -6.49. The third-order valence-corrected chi connectivity index (χ3v) is 9.60. The van der Waals surface area contributed by atoms with Crippen molar-refractivity contribution in [1.82, 2.24) is 9.80 Å². The van der Waals surface area contributed by atoms with Crippen LogP contribution in [0.25, 0.3) is 16.9 Å². The molecule has 1 aromatic carbocycles. The van der Waals surface area contributed by atoms with Gasteiger partial charge in [0.15, 0.2) is 11.4 Å². The number of aliphatic hydroxyl groups excluding tert-OH is 2. The molecule has 4 unspecified atom stereocenters. The number of fused-ring (bicyclic) bond motifs is 3. The highest BCUT2D eigenvalue weighted by molar-refractivity contribution is 7.08. The zero-order chi connectivity index (χ0) is 30.0. The van der Waals surface area contributed by atoms with E-state index in [-0.39, 0.29) is 29.7 Å². The van der Waals surface area contributed by atoms with Gasteiger partial charge < -0.3 is 26.2 Å². The summed E-state index contributed by atoms with van der Waals surface area (Å²) in [5, 5.41) is 50.0. The number of carbonyl (C=O) groups excluding carboxylic acids is 3. The van der Waals surface area contributed by atoms with Gasteiger partial charge >= 0.3 is 0 Å². The summed E-state index contributed by atoms with van der Waals surface area (Å²) in [4.78, 5) is 43.2. The Morgan fingerprint density at radius 1 is 1.17 bits per heavy atom. The number of nitrogens with two attached hydrogens (primary N) is 1. The molecule has 1 heterocycles. The average Bonchev–Trinajstić information content (AvgIpc) is 3.45. The number of phenolic OH excluding ortho intramolecular Hbond substituents is 1. The van der Waals surface area contributed by atoms with E-state index in [1.807, 2.05) is 36.7 Å². The van der Waals surface area contributed by atoms with Crippen molar-refractivity contribution >= 4 is 34.6 Å². The lowest BCUT2D eigenvalue weighted by Crippen LogP contribution is -2.65. The van der Waals surface area contributed by atoms with Gasteiger partial charge in [-0.2, -0.15) is 11.3 Å². The van der Waals surface area contributed by atoms with Crippen molar-refractivity contribution in [2.45, 2.75) is 44.9 Å². The molecule has 0 aliphatic heterocycles. The summed E-state index contributed by atoms with van der Waals surface area (Å²) < 4.78 is 0. The summed E-state index contributed by atoms with van der Waals surface area (Å²) in [5.41, 5.74) is 4.86. The molecule has 0 spiro atoms. The van der Waals surface area contributed by atoms with Crippen molar-refractivity contribution in [3.63, 3.8) is 0 Å². The third-order valence-electron chi connectivity index (χ3n) is 8.92. The number of benzene rings is 1. The number of carbonyl (C=O) groups is 3. The third kappa shape index (κ3) is 4.21. The van der Waals surface area contributed by atoms with E-state index in [2.05, 4.69) is 4.90 Å². The molecule has 1 aromatic heterocycles. The zero-order valence-electron chi connectivity index (χ0n) is 23.5. The first-order valence-electron chi connectivity index (χ1n) is 13.7. The van der Waals surface area contributed by atoms with E-state index in [9.17, 15) is 34.8 Å². The molecule has 41 heavy (non-hydrogen) atoms. The minimum atomic E-state index is -2.66. The molecular formula is C30H35N3O7S. The first-order valence-corrected chi connectivity index (χ1v) is 14.6. The van der Waals surface area contributed by atoms with E-state index >= 15 is 0 Å². The Balaban J connectivity index is 1.76. The van der Waals surface area contributed by atoms with Crippen LogP contribution in [0.5, 0.6) is 5.75 Å². The molecular weight excluding hydrogens is 546 g/mol. The number of aliphatic hydroxyl groups is 3. The maximum atomic E-state index is 14.1. The van der Waals surface area contributed by atoms with E-state index in [1.54, 1.807) is 14.1 Å². The highest BCUT2D eigenvalue weighted by Crippen LogP contribution is 2.54. The zero-order valence-corrected chi connectivity index (χ0v) is 24.3. The monoisotopic (exact) mass is 581 g/mol. The molecule has 6 N–H and O–H groups in total. The smallest absolute Gasteiger partial charge is 0.255 e. The van der Waals surface area contributed by atoms with Crippen LogP contribution in [-0.2, 0) is 27.3 Å². The maximum Gasteiger partial charge on any atom is 0.255 e. The van der Waals surface area contributed by atoms with Crippen LogP contribution in [0, 0.1) is 11.8 Å². The number of Topliss-reactive ketones (excluding diaryl/α,β-unsaturated/α-hetero) is 2. The van der Waals surface area contributed by atoms with E-state index in [0.717, 1.165) is 24.2 Å². The molecule has 0 bridgehead atoms. The highest BCUT2D eigenvalue weighted by Gasteiger charge is 2.64. The van der Waals surface area contributed by atoms with E-state index in [0.29, 0.717) is 17.7 Å². The molecule has 3 aliphatic rings. The number of nitrogens with zero attached hydrogens (tertiary/aromatic N) is 2. The lowest BCUT2D eigenvalue weighted by atomic mass is 9.57. The maximum absolute atomic E-state index is 14.1. The van der Waals surface area contributed by atoms with Crippen molar-refractivity contribution in [3.8, 4) is 16.9 Å². The van der Waals surface area contributed by atoms with E-state index in [4.69, 9.17) is 5.73 Å². The second-order valence-electron chi connectivity index (χ2n) is 11.2. The van der Waals surface area contributed by atoms with Crippen LogP contribution in [0.15, 0.2) is 39.8 Å². The number of hydrogen-bond donors (Lipinski definition) is 5. The molecule has 2 aromatic rings. The van der Waals surface area contributed by atoms with Crippen LogP contribution >= 0.6 is 11.3 Å². The first-order chi connectivity index (χ1) is 19.4. The number of ketones is 2. The van der Waals surface area contributed by atoms with Crippen molar-refractivity contribution < 1.29 is 34.8 Å². The Bertz CT molecular complexity index is 1510. The summed E-state index contributed by atoms with van der Waals surface area (Å²) in [6.45, 7) is 5.91. The van der Waals surface area contributed by atoms with Gasteiger partial charge in [0.25, 0.3) is 5.91 Å². The fourth-order valence-corrected chi connectivity index (χ4v) is 7.51. The van der Waals surface area contributed by atoms with Crippen molar-refractivity contribution in [2.75, 3.05) is 27.2 Å². The Hall–Kier alpha value is -3.51. The summed E-state index contributed by atoms with van der Waals surface area (Å²) in [6, 6.07) is 2.76. The van der Waals surface area contributed by atoms with Gasteiger partial charge in [0.2, 0.25) is 5.78 Å². The number of likely N-dealkylation sites (N-methyl/N-ethyl adjacent to an activating group) is 1. The number of primary amides is 1. The molecule has 5 rings (SSSR count). The molecule has 10 nitrogen and oxygen atoms in total. The van der Waals surface area contributed by atoms with E-state index in [1.165, 1.54) is 16.2 Å². The normalized spacial score (nSPS) is 26.0. The fraction of sp³-hybridized carbons (Fsp3) is 0.433.